The fourth-order valence-electron chi connectivity index (χ4n) is 3.25. The molecule has 2 N–H and O–H groups in total. The third-order valence-corrected chi connectivity index (χ3v) is 4.91. The number of hydrogen-bond acceptors (Lipinski definition) is 4. The Bertz CT molecular complexity index is 938. The molecule has 1 fully saturated rings. The number of hydrogen-bond donors (Lipinski definition) is 2. The summed E-state index contributed by atoms with van der Waals surface area (Å²) in [4.78, 5) is 17.2. The van der Waals surface area contributed by atoms with Crippen molar-refractivity contribution in [3.05, 3.63) is 53.7 Å². The van der Waals surface area contributed by atoms with Crippen LogP contribution in [0.4, 0.5) is 0 Å². The number of ether oxygens (including phenoxy) is 1. The van der Waals surface area contributed by atoms with E-state index in [2.05, 4.69) is 32.0 Å². The predicted octanol–water partition coefficient (Wildman–Crippen LogP) is 2.90. The first-order valence-electron chi connectivity index (χ1n) is 9.15. The monoisotopic (exact) mass is 365 g/mol. The summed E-state index contributed by atoms with van der Waals surface area (Å²) in [5, 5.41) is 9.96. The highest BCUT2D eigenvalue weighted by Crippen LogP contribution is 2.39. The second kappa shape index (κ2) is 7.26. The Morgan fingerprint density at radius 2 is 2.07 bits per heavy atom. The van der Waals surface area contributed by atoms with Crippen LogP contribution in [0.15, 0.2) is 36.7 Å². The predicted molar refractivity (Wildman–Crippen MR) is 102 cm³/mol. The fraction of sp³-hybridized carbons (Fsp3) is 0.350. The number of nitrogens with one attached hydrogen (secondary N) is 2. The summed E-state index contributed by atoms with van der Waals surface area (Å²) >= 11 is 0. The Balaban J connectivity index is 1.42. The number of imidazole rings is 1. The molecular formula is C20H23N5O2. The SMILES string of the molecule is COc1ccc(-c2[nH]ncc2C(=O)NCCn2c(C)cnc2C2CC2)cc1. The molecule has 0 aliphatic heterocycles. The van der Waals surface area contributed by atoms with Gasteiger partial charge in [0, 0.05) is 36.5 Å². The van der Waals surface area contributed by atoms with E-state index in [1.165, 1.54) is 12.8 Å². The molecule has 2 aromatic heterocycles. The molecule has 0 saturated heterocycles. The van der Waals surface area contributed by atoms with E-state index in [0.29, 0.717) is 23.7 Å². The standard InChI is InChI=1S/C20H23N5O2/c1-13-11-22-19(15-3-4-15)25(13)10-9-21-20(26)17-12-23-24-18(17)14-5-7-16(27-2)8-6-14/h5-8,11-12,15H,3-4,9-10H2,1-2H3,(H,21,26)(H,23,24). The summed E-state index contributed by atoms with van der Waals surface area (Å²) in [6, 6.07) is 7.53. The van der Waals surface area contributed by atoms with Crippen molar-refractivity contribution in [1.82, 2.24) is 25.1 Å². The van der Waals surface area contributed by atoms with Crippen LogP contribution in [0.1, 0.15) is 40.6 Å². The molecule has 1 aliphatic rings. The van der Waals surface area contributed by atoms with Crippen LogP contribution in [0.2, 0.25) is 0 Å². The molecule has 1 aliphatic carbocycles. The number of methoxy groups -OCH3 is 1. The number of H-pyrrole nitrogens is 1. The topological polar surface area (TPSA) is 84.8 Å². The molecule has 4 rings (SSSR count). The first-order chi connectivity index (χ1) is 13.2. The molecule has 0 radical (unpaired) electrons. The molecule has 1 amide bonds. The molecule has 0 spiro atoms. The summed E-state index contributed by atoms with van der Waals surface area (Å²) in [6.07, 6.45) is 5.90. The van der Waals surface area contributed by atoms with Crippen LogP contribution in [-0.4, -0.2) is 39.3 Å². The molecule has 0 bridgehead atoms. The van der Waals surface area contributed by atoms with Gasteiger partial charge in [-0.2, -0.15) is 5.10 Å². The number of nitrogens with zero attached hydrogens (tertiary/aromatic N) is 3. The van der Waals surface area contributed by atoms with Crippen molar-refractivity contribution in [2.24, 2.45) is 0 Å². The van der Waals surface area contributed by atoms with Gasteiger partial charge < -0.3 is 14.6 Å². The van der Waals surface area contributed by atoms with E-state index < -0.39 is 0 Å². The van der Waals surface area contributed by atoms with Gasteiger partial charge >= 0.3 is 0 Å². The number of amides is 1. The van der Waals surface area contributed by atoms with Gasteiger partial charge in [0.1, 0.15) is 11.6 Å². The second-order valence-electron chi connectivity index (χ2n) is 6.83. The fourth-order valence-corrected chi connectivity index (χ4v) is 3.25. The largest absolute Gasteiger partial charge is 0.497 e. The molecule has 1 aromatic carbocycles. The third kappa shape index (κ3) is 3.58. The minimum Gasteiger partial charge on any atom is -0.497 e. The van der Waals surface area contributed by atoms with Crippen molar-refractivity contribution in [3.8, 4) is 17.0 Å². The van der Waals surface area contributed by atoms with E-state index in [1.54, 1.807) is 13.3 Å². The number of benzene rings is 1. The van der Waals surface area contributed by atoms with Crippen LogP contribution >= 0.6 is 0 Å². The maximum absolute atomic E-state index is 12.6. The van der Waals surface area contributed by atoms with E-state index in [1.807, 2.05) is 30.5 Å². The van der Waals surface area contributed by atoms with Crippen molar-refractivity contribution >= 4 is 5.91 Å². The van der Waals surface area contributed by atoms with Gasteiger partial charge in [-0.1, -0.05) is 0 Å². The Hall–Kier alpha value is -3.09. The lowest BCUT2D eigenvalue weighted by molar-refractivity contribution is 0.0953. The normalized spacial score (nSPS) is 13.6. The maximum atomic E-state index is 12.6. The molecule has 27 heavy (non-hydrogen) atoms. The maximum Gasteiger partial charge on any atom is 0.255 e. The minimum absolute atomic E-state index is 0.139. The summed E-state index contributed by atoms with van der Waals surface area (Å²) in [6.45, 7) is 3.32. The second-order valence-corrected chi connectivity index (χ2v) is 6.83. The number of carbonyl (C=O) groups excluding carboxylic acids is 1. The van der Waals surface area contributed by atoms with Crippen LogP contribution in [0, 0.1) is 6.92 Å². The number of aromatic amines is 1. The van der Waals surface area contributed by atoms with Gasteiger partial charge in [-0.3, -0.25) is 9.89 Å². The summed E-state index contributed by atoms with van der Waals surface area (Å²) in [5.74, 6) is 2.36. The summed E-state index contributed by atoms with van der Waals surface area (Å²) in [5.41, 5.74) is 3.26. The van der Waals surface area contributed by atoms with Crippen LogP contribution in [0.3, 0.4) is 0 Å². The lowest BCUT2D eigenvalue weighted by Crippen LogP contribution is -2.28. The van der Waals surface area contributed by atoms with Gasteiger partial charge in [-0.25, -0.2) is 4.98 Å². The number of carbonyl (C=O) groups is 1. The smallest absolute Gasteiger partial charge is 0.255 e. The summed E-state index contributed by atoms with van der Waals surface area (Å²) in [7, 11) is 1.63. The molecule has 7 nitrogen and oxygen atoms in total. The Morgan fingerprint density at radius 1 is 1.30 bits per heavy atom. The molecule has 140 valence electrons. The lowest BCUT2D eigenvalue weighted by Gasteiger charge is -2.11. The molecule has 0 atom stereocenters. The van der Waals surface area contributed by atoms with Crippen LogP contribution in [0.5, 0.6) is 5.75 Å². The van der Waals surface area contributed by atoms with Crippen molar-refractivity contribution in [2.75, 3.05) is 13.7 Å². The van der Waals surface area contributed by atoms with Crippen LogP contribution < -0.4 is 10.1 Å². The average Bonchev–Trinajstić information content (AvgIpc) is 3.29. The number of rotatable bonds is 7. The van der Waals surface area contributed by atoms with Gasteiger partial charge in [0.05, 0.1) is 24.6 Å². The van der Waals surface area contributed by atoms with Crippen molar-refractivity contribution in [2.45, 2.75) is 32.2 Å². The van der Waals surface area contributed by atoms with E-state index in [4.69, 9.17) is 4.74 Å². The first kappa shape index (κ1) is 17.3. The minimum atomic E-state index is -0.139. The van der Waals surface area contributed by atoms with Gasteiger partial charge in [0.15, 0.2) is 0 Å². The molecule has 1 saturated carbocycles. The molecular weight excluding hydrogens is 342 g/mol. The van der Waals surface area contributed by atoms with Crippen LogP contribution in [0.25, 0.3) is 11.3 Å². The Morgan fingerprint density at radius 3 is 2.78 bits per heavy atom. The third-order valence-electron chi connectivity index (χ3n) is 4.91. The Labute approximate surface area is 157 Å². The van der Waals surface area contributed by atoms with E-state index in [9.17, 15) is 4.79 Å². The quantitative estimate of drug-likeness (QED) is 0.674. The van der Waals surface area contributed by atoms with Gasteiger partial charge in [-0.15, -0.1) is 0 Å². The van der Waals surface area contributed by atoms with Gasteiger partial charge in [0.25, 0.3) is 5.91 Å². The van der Waals surface area contributed by atoms with E-state index in [-0.39, 0.29) is 5.91 Å². The highest BCUT2D eigenvalue weighted by atomic mass is 16.5. The number of aryl methyl sites for hydroxylation is 1. The van der Waals surface area contributed by atoms with Crippen molar-refractivity contribution < 1.29 is 9.53 Å². The van der Waals surface area contributed by atoms with Gasteiger partial charge in [0.2, 0.25) is 0 Å². The number of aromatic nitrogens is 4. The zero-order valence-corrected chi connectivity index (χ0v) is 15.5. The molecule has 0 unspecified atom stereocenters. The lowest BCUT2D eigenvalue weighted by atomic mass is 10.1. The molecule has 3 aromatic rings. The van der Waals surface area contributed by atoms with Crippen molar-refractivity contribution in [1.29, 1.82) is 0 Å². The van der Waals surface area contributed by atoms with E-state index >= 15 is 0 Å². The average molecular weight is 365 g/mol. The van der Waals surface area contributed by atoms with E-state index in [0.717, 1.165) is 29.4 Å². The van der Waals surface area contributed by atoms with Gasteiger partial charge in [-0.05, 0) is 44.0 Å². The highest BCUT2D eigenvalue weighted by Gasteiger charge is 2.28. The first-order valence-corrected chi connectivity index (χ1v) is 9.15. The van der Waals surface area contributed by atoms with Crippen molar-refractivity contribution in [3.63, 3.8) is 0 Å². The highest BCUT2D eigenvalue weighted by molar-refractivity contribution is 5.99. The molecule has 7 heteroatoms. The summed E-state index contributed by atoms with van der Waals surface area (Å²) < 4.78 is 7.39. The molecule has 2 heterocycles. The zero-order chi connectivity index (χ0) is 18.8. The zero-order valence-electron chi connectivity index (χ0n) is 15.5. The van der Waals surface area contributed by atoms with Crippen LogP contribution in [-0.2, 0) is 6.54 Å². The Kier molecular flexibility index (Phi) is 4.66.